The highest BCUT2D eigenvalue weighted by Crippen LogP contribution is 2.25. The lowest BCUT2D eigenvalue weighted by Gasteiger charge is -2.16. The standard InChI is InChI=1S/C22H21ClN2O5S2/c1-15(16-8-11-19(12-9-16)31(2,27)28)24-22(26)17-10-13-20(23)21(14-17)32(29,30)25-18-6-4-3-5-7-18/h3-15,25H,1-2H3,(H,24,26). The number of rotatable bonds is 7. The van der Waals surface area contributed by atoms with Crippen molar-refractivity contribution < 1.29 is 21.6 Å². The highest BCUT2D eigenvalue weighted by molar-refractivity contribution is 7.92. The first-order valence-corrected chi connectivity index (χ1v) is 13.2. The Morgan fingerprint density at radius 1 is 0.906 bits per heavy atom. The second-order valence-electron chi connectivity index (χ2n) is 7.15. The molecule has 0 heterocycles. The maximum atomic E-state index is 12.8. The number of sulfone groups is 1. The molecule has 1 unspecified atom stereocenters. The Bertz CT molecular complexity index is 1340. The van der Waals surface area contributed by atoms with Gasteiger partial charge in [-0.25, -0.2) is 16.8 Å². The number of nitrogens with one attached hydrogen (secondary N) is 2. The molecular formula is C22H21ClN2O5S2. The molecule has 0 aliphatic heterocycles. The summed E-state index contributed by atoms with van der Waals surface area (Å²) in [6.45, 7) is 1.73. The first-order valence-electron chi connectivity index (χ1n) is 9.46. The van der Waals surface area contributed by atoms with Crippen LogP contribution in [0.5, 0.6) is 0 Å². The summed E-state index contributed by atoms with van der Waals surface area (Å²) in [6.07, 6.45) is 1.12. The molecule has 10 heteroatoms. The van der Waals surface area contributed by atoms with Crippen LogP contribution in [-0.4, -0.2) is 29.0 Å². The minimum atomic E-state index is -4.02. The lowest BCUT2D eigenvalue weighted by Crippen LogP contribution is -2.27. The molecule has 0 fully saturated rings. The van der Waals surface area contributed by atoms with Gasteiger partial charge in [0.25, 0.3) is 15.9 Å². The Morgan fingerprint density at radius 2 is 1.53 bits per heavy atom. The van der Waals surface area contributed by atoms with Crippen molar-refractivity contribution in [2.45, 2.75) is 22.8 Å². The molecule has 3 aromatic rings. The summed E-state index contributed by atoms with van der Waals surface area (Å²) in [6, 6.07) is 18.0. The lowest BCUT2D eigenvalue weighted by molar-refractivity contribution is 0.0939. The fraction of sp³-hybridized carbons (Fsp3) is 0.136. The van der Waals surface area contributed by atoms with Gasteiger partial charge in [0.15, 0.2) is 9.84 Å². The van der Waals surface area contributed by atoms with Gasteiger partial charge in [-0.05, 0) is 55.0 Å². The van der Waals surface area contributed by atoms with Crippen molar-refractivity contribution in [3.05, 3.63) is 88.9 Å². The summed E-state index contributed by atoms with van der Waals surface area (Å²) in [5.41, 5.74) is 1.17. The van der Waals surface area contributed by atoms with E-state index in [1.807, 2.05) is 0 Å². The van der Waals surface area contributed by atoms with Gasteiger partial charge in [0.2, 0.25) is 0 Å². The second kappa shape index (κ2) is 9.32. The van der Waals surface area contributed by atoms with Crippen molar-refractivity contribution in [2.24, 2.45) is 0 Å². The van der Waals surface area contributed by atoms with Crippen LogP contribution in [0.1, 0.15) is 28.9 Å². The fourth-order valence-electron chi connectivity index (χ4n) is 2.93. The molecule has 3 rings (SSSR count). The zero-order chi connectivity index (χ0) is 23.5. The average Bonchev–Trinajstić information content (AvgIpc) is 2.73. The largest absolute Gasteiger partial charge is 0.346 e. The summed E-state index contributed by atoms with van der Waals surface area (Å²) >= 11 is 6.10. The van der Waals surface area contributed by atoms with Crippen molar-refractivity contribution in [2.75, 3.05) is 11.0 Å². The summed E-state index contributed by atoms with van der Waals surface area (Å²) in [5, 5.41) is 2.75. The average molecular weight is 493 g/mol. The molecule has 0 aromatic heterocycles. The molecule has 0 spiro atoms. The van der Waals surface area contributed by atoms with E-state index in [0.717, 1.165) is 6.26 Å². The third-order valence-electron chi connectivity index (χ3n) is 4.66. The Kier molecular flexibility index (Phi) is 6.92. The predicted octanol–water partition coefficient (Wildman–Crippen LogP) is 4.04. The zero-order valence-corrected chi connectivity index (χ0v) is 19.6. The number of amides is 1. The van der Waals surface area contributed by atoms with Crippen molar-refractivity contribution in [1.29, 1.82) is 0 Å². The van der Waals surface area contributed by atoms with Gasteiger partial charge < -0.3 is 5.32 Å². The number of anilines is 1. The minimum Gasteiger partial charge on any atom is -0.346 e. The van der Waals surface area contributed by atoms with Crippen molar-refractivity contribution in [3.8, 4) is 0 Å². The Hall–Kier alpha value is -2.88. The van der Waals surface area contributed by atoms with Crippen molar-refractivity contribution in [3.63, 3.8) is 0 Å². The molecule has 2 N–H and O–H groups in total. The van der Waals surface area contributed by atoms with Gasteiger partial charge in [0.1, 0.15) is 4.90 Å². The quantitative estimate of drug-likeness (QED) is 0.517. The highest BCUT2D eigenvalue weighted by Gasteiger charge is 2.21. The predicted molar refractivity (Wildman–Crippen MR) is 124 cm³/mol. The molecule has 0 aliphatic rings. The first kappa shape index (κ1) is 23.8. The third-order valence-corrected chi connectivity index (χ3v) is 7.66. The van der Waals surface area contributed by atoms with Gasteiger partial charge in [-0.2, -0.15) is 0 Å². The van der Waals surface area contributed by atoms with Crippen LogP contribution in [0.2, 0.25) is 5.02 Å². The summed E-state index contributed by atoms with van der Waals surface area (Å²) in [5.74, 6) is -0.502. The van der Waals surface area contributed by atoms with Crippen LogP contribution in [0.25, 0.3) is 0 Å². The number of hydrogen-bond acceptors (Lipinski definition) is 5. The molecule has 168 valence electrons. The van der Waals surface area contributed by atoms with Crippen LogP contribution < -0.4 is 10.0 Å². The van der Waals surface area contributed by atoms with Gasteiger partial charge in [0, 0.05) is 17.5 Å². The number of carbonyl (C=O) groups is 1. The molecule has 3 aromatic carbocycles. The van der Waals surface area contributed by atoms with Gasteiger partial charge in [-0.15, -0.1) is 0 Å². The van der Waals surface area contributed by atoms with E-state index < -0.39 is 31.8 Å². The van der Waals surface area contributed by atoms with E-state index in [2.05, 4.69) is 10.0 Å². The van der Waals surface area contributed by atoms with Gasteiger partial charge >= 0.3 is 0 Å². The molecule has 32 heavy (non-hydrogen) atoms. The summed E-state index contributed by atoms with van der Waals surface area (Å²) < 4.78 is 51.2. The molecule has 0 bridgehead atoms. The number of hydrogen-bond donors (Lipinski definition) is 2. The topological polar surface area (TPSA) is 109 Å². The van der Waals surface area contributed by atoms with Crippen molar-refractivity contribution >= 4 is 43.1 Å². The van der Waals surface area contributed by atoms with Crippen LogP contribution >= 0.6 is 11.6 Å². The molecular weight excluding hydrogens is 472 g/mol. The van der Waals surface area contributed by atoms with Crippen molar-refractivity contribution in [1.82, 2.24) is 5.32 Å². The fourth-order valence-corrected chi connectivity index (χ4v) is 5.15. The minimum absolute atomic E-state index is 0.0191. The summed E-state index contributed by atoms with van der Waals surface area (Å²) in [7, 11) is -7.34. The van der Waals surface area contributed by atoms with E-state index in [1.165, 1.54) is 30.3 Å². The van der Waals surface area contributed by atoms with E-state index >= 15 is 0 Å². The molecule has 0 saturated heterocycles. The SMILES string of the molecule is CC(NC(=O)c1ccc(Cl)c(S(=O)(=O)Nc2ccccc2)c1)c1ccc(S(C)(=O)=O)cc1. The van der Waals surface area contributed by atoms with Crippen LogP contribution in [0, 0.1) is 0 Å². The molecule has 0 radical (unpaired) electrons. The number of para-hydroxylation sites is 1. The van der Waals surface area contributed by atoms with Crippen LogP contribution in [0.15, 0.2) is 82.6 Å². The first-order chi connectivity index (χ1) is 15.0. The number of benzene rings is 3. The molecule has 0 aliphatic carbocycles. The van der Waals surface area contributed by atoms with Crippen LogP contribution in [-0.2, 0) is 19.9 Å². The Morgan fingerprint density at radius 3 is 2.12 bits per heavy atom. The maximum Gasteiger partial charge on any atom is 0.263 e. The van der Waals surface area contributed by atoms with Crippen LogP contribution in [0.3, 0.4) is 0 Å². The smallest absolute Gasteiger partial charge is 0.263 e. The van der Waals surface area contributed by atoms with Gasteiger partial charge in [0.05, 0.1) is 16.0 Å². The third kappa shape index (κ3) is 5.67. The van der Waals surface area contributed by atoms with E-state index in [9.17, 15) is 21.6 Å². The Labute approximate surface area is 192 Å². The molecule has 1 amide bonds. The van der Waals surface area contributed by atoms with E-state index in [-0.39, 0.29) is 20.4 Å². The second-order valence-corrected chi connectivity index (χ2v) is 11.2. The number of halogens is 1. The highest BCUT2D eigenvalue weighted by atomic mass is 35.5. The summed E-state index contributed by atoms with van der Waals surface area (Å²) in [4.78, 5) is 12.7. The monoisotopic (exact) mass is 492 g/mol. The zero-order valence-electron chi connectivity index (χ0n) is 17.2. The molecule has 7 nitrogen and oxygen atoms in total. The van der Waals surface area contributed by atoms with E-state index in [4.69, 9.17) is 11.6 Å². The van der Waals surface area contributed by atoms with Crippen LogP contribution in [0.4, 0.5) is 5.69 Å². The maximum absolute atomic E-state index is 12.8. The molecule has 0 saturated carbocycles. The molecule has 1 atom stereocenters. The van der Waals surface area contributed by atoms with E-state index in [1.54, 1.807) is 49.4 Å². The van der Waals surface area contributed by atoms with Gasteiger partial charge in [-0.3, -0.25) is 9.52 Å². The lowest BCUT2D eigenvalue weighted by atomic mass is 10.1. The normalized spacial score (nSPS) is 12.7. The number of sulfonamides is 1. The van der Waals surface area contributed by atoms with Gasteiger partial charge in [-0.1, -0.05) is 41.9 Å². The van der Waals surface area contributed by atoms with E-state index in [0.29, 0.717) is 11.3 Å². The Balaban J connectivity index is 1.80. The number of carbonyl (C=O) groups excluding carboxylic acids is 1.